The molecule has 1 aromatic heterocycles. The molecule has 0 aliphatic heterocycles. The van der Waals surface area contributed by atoms with Crippen molar-refractivity contribution in [1.82, 2.24) is 9.88 Å². The van der Waals surface area contributed by atoms with Gasteiger partial charge in [-0.25, -0.2) is 9.37 Å². The number of aromatic nitrogens is 1. The lowest BCUT2D eigenvalue weighted by Crippen LogP contribution is -2.27. The molecule has 1 heterocycles. The largest absolute Gasteiger partial charge is 0.473 e. The van der Waals surface area contributed by atoms with Crippen LogP contribution in [0.25, 0.3) is 0 Å². The molecule has 288 valence electrons. The van der Waals surface area contributed by atoms with Crippen LogP contribution in [-0.2, 0) is 6.61 Å². The molecule has 0 fully saturated rings. The average Bonchev–Trinajstić information content (AvgIpc) is 3.13. The standard InChI is InChI=1S/C14H14FNO.C12H25N.C11H21N.C9H10O/c1-10-6-7-12(13(15)8-10)9-17-14-5-3-4-11(2)16-14;1-5-8-10-13(9-6-2)11-12(4)7-3;1-4-6-8-10-12-11(3)9-7-5-2;1-7-3-4-9(6-10)5-8(7)2/h3-8H,9H2,1-2H3;7H,5-6,8-11H2,1-4H3;8,10H,4-7,9H2,1-3H3;3-6H,1-2H3/b;12-7+;10-8-,12-11?;. The molecule has 0 aliphatic carbocycles. The van der Waals surface area contributed by atoms with Gasteiger partial charge in [-0.05, 0) is 129 Å². The molecule has 0 N–H and O–H groups in total. The summed E-state index contributed by atoms with van der Waals surface area (Å²) in [6.07, 6.45) is 17.1. The highest BCUT2D eigenvalue weighted by Crippen LogP contribution is 2.14. The molecule has 3 rings (SSSR count). The van der Waals surface area contributed by atoms with Crippen LogP contribution in [0.5, 0.6) is 5.88 Å². The van der Waals surface area contributed by atoms with Gasteiger partial charge in [-0.1, -0.05) is 95.0 Å². The van der Waals surface area contributed by atoms with E-state index in [9.17, 15) is 9.18 Å². The minimum atomic E-state index is -0.238. The van der Waals surface area contributed by atoms with Crippen LogP contribution in [0.3, 0.4) is 0 Å². The maximum absolute atomic E-state index is 13.5. The predicted molar refractivity (Wildman–Crippen MR) is 223 cm³/mol. The highest BCUT2D eigenvalue weighted by atomic mass is 19.1. The van der Waals surface area contributed by atoms with Gasteiger partial charge < -0.3 is 4.74 Å². The molecule has 0 saturated heterocycles. The van der Waals surface area contributed by atoms with Gasteiger partial charge in [0, 0.05) is 41.3 Å². The summed E-state index contributed by atoms with van der Waals surface area (Å²) >= 11 is 0. The van der Waals surface area contributed by atoms with Crippen molar-refractivity contribution in [2.45, 2.75) is 134 Å². The van der Waals surface area contributed by atoms with E-state index in [2.05, 4.69) is 75.5 Å². The Morgan fingerprint density at radius 3 is 2.17 bits per heavy atom. The van der Waals surface area contributed by atoms with E-state index in [1.165, 1.54) is 80.1 Å². The van der Waals surface area contributed by atoms with Crippen molar-refractivity contribution in [1.29, 1.82) is 0 Å². The summed E-state index contributed by atoms with van der Waals surface area (Å²) in [7, 11) is 0. The highest BCUT2D eigenvalue weighted by Gasteiger charge is 2.04. The van der Waals surface area contributed by atoms with E-state index in [0.29, 0.717) is 11.4 Å². The second-order valence-electron chi connectivity index (χ2n) is 13.4. The van der Waals surface area contributed by atoms with E-state index in [1.54, 1.807) is 12.1 Å². The number of hydrogen-bond acceptors (Lipinski definition) is 5. The first-order chi connectivity index (χ1) is 24.9. The molecule has 0 aliphatic rings. The number of aryl methyl sites for hydroxylation is 4. The number of pyridine rings is 1. The molecule has 2 aromatic carbocycles. The number of hydrogen-bond donors (Lipinski definition) is 0. The average molecular weight is 716 g/mol. The third-order valence-electron chi connectivity index (χ3n) is 8.20. The first-order valence-electron chi connectivity index (χ1n) is 19.3. The Kier molecular flexibility index (Phi) is 28.4. The first-order valence-corrected chi connectivity index (χ1v) is 19.3. The fraction of sp³-hybridized carbons (Fsp3) is 0.500. The smallest absolute Gasteiger partial charge is 0.213 e. The number of ether oxygens (including phenoxy) is 1. The van der Waals surface area contributed by atoms with Crippen LogP contribution in [0, 0.1) is 33.5 Å². The molecular weight excluding hydrogens is 646 g/mol. The Morgan fingerprint density at radius 2 is 1.60 bits per heavy atom. The molecule has 0 saturated carbocycles. The number of nitrogens with zero attached hydrogens (tertiary/aromatic N) is 3. The monoisotopic (exact) mass is 716 g/mol. The summed E-state index contributed by atoms with van der Waals surface area (Å²) in [4.78, 5) is 21.4. The van der Waals surface area contributed by atoms with Gasteiger partial charge in [0.25, 0.3) is 0 Å². The fourth-order valence-corrected chi connectivity index (χ4v) is 4.69. The van der Waals surface area contributed by atoms with E-state index >= 15 is 0 Å². The van der Waals surface area contributed by atoms with Gasteiger partial charge in [-0.15, -0.1) is 0 Å². The minimum absolute atomic E-state index is 0.197. The highest BCUT2D eigenvalue weighted by molar-refractivity contribution is 5.82. The number of aliphatic imine (C=N–C) groups is 1. The Hall–Kier alpha value is -3.90. The summed E-state index contributed by atoms with van der Waals surface area (Å²) in [6.45, 7) is 27.0. The molecule has 0 spiro atoms. The quantitative estimate of drug-likeness (QED) is 0.0793. The SMILES string of the molecule is C/C=C(\C)CN(CCC)CCCC.CCC/C=C\N=C(C)CCCC.Cc1ccc(C=O)cc1C.Cc1ccc(COc2cccc(C)n2)c(F)c1. The molecule has 0 bridgehead atoms. The van der Waals surface area contributed by atoms with Crippen molar-refractivity contribution in [3.63, 3.8) is 0 Å². The van der Waals surface area contributed by atoms with Crippen molar-refractivity contribution in [2.24, 2.45) is 4.99 Å². The zero-order chi connectivity index (χ0) is 39.1. The van der Waals surface area contributed by atoms with Crippen molar-refractivity contribution >= 4 is 12.0 Å². The lowest BCUT2D eigenvalue weighted by atomic mass is 10.1. The maximum atomic E-state index is 13.5. The van der Waals surface area contributed by atoms with E-state index in [-0.39, 0.29) is 12.4 Å². The number of rotatable bonds is 17. The number of halogens is 1. The van der Waals surface area contributed by atoms with Crippen molar-refractivity contribution < 1.29 is 13.9 Å². The Balaban J connectivity index is 0.000000681. The lowest BCUT2D eigenvalue weighted by molar-refractivity contribution is 0.112. The van der Waals surface area contributed by atoms with Gasteiger partial charge in [-0.2, -0.15) is 0 Å². The topological polar surface area (TPSA) is 54.8 Å². The van der Waals surface area contributed by atoms with Crippen molar-refractivity contribution in [3.8, 4) is 5.88 Å². The van der Waals surface area contributed by atoms with Crippen LogP contribution < -0.4 is 4.74 Å². The Labute approximate surface area is 317 Å². The van der Waals surface area contributed by atoms with Gasteiger partial charge in [0.2, 0.25) is 5.88 Å². The van der Waals surface area contributed by atoms with E-state index < -0.39 is 0 Å². The van der Waals surface area contributed by atoms with E-state index in [0.717, 1.165) is 42.5 Å². The predicted octanol–water partition coefficient (Wildman–Crippen LogP) is 12.9. The van der Waals surface area contributed by atoms with Crippen LogP contribution >= 0.6 is 0 Å². The van der Waals surface area contributed by atoms with Crippen LogP contribution in [0.1, 0.15) is 138 Å². The van der Waals surface area contributed by atoms with Gasteiger partial charge in [0.15, 0.2) is 0 Å². The molecule has 52 heavy (non-hydrogen) atoms. The zero-order valence-electron chi connectivity index (χ0n) is 34.5. The molecule has 0 radical (unpaired) electrons. The third kappa shape index (κ3) is 24.3. The molecule has 6 heteroatoms. The summed E-state index contributed by atoms with van der Waals surface area (Å²) in [5.41, 5.74) is 8.22. The number of carbonyl (C=O) groups is 1. The number of aldehydes is 1. The summed E-state index contributed by atoms with van der Waals surface area (Å²) < 4.78 is 19.0. The maximum Gasteiger partial charge on any atom is 0.213 e. The van der Waals surface area contributed by atoms with Gasteiger partial charge in [-0.3, -0.25) is 14.7 Å². The summed E-state index contributed by atoms with van der Waals surface area (Å²) in [5.74, 6) is 0.280. The Bertz CT molecular complexity index is 1480. The van der Waals surface area contributed by atoms with E-state index in [1.807, 2.05) is 70.3 Å². The van der Waals surface area contributed by atoms with E-state index in [4.69, 9.17) is 4.74 Å². The summed E-state index contributed by atoms with van der Waals surface area (Å²) in [6, 6.07) is 16.3. The van der Waals surface area contributed by atoms with Crippen LogP contribution in [0.15, 0.2) is 83.5 Å². The summed E-state index contributed by atoms with van der Waals surface area (Å²) in [5, 5.41) is 0. The molecule has 0 atom stereocenters. The zero-order valence-corrected chi connectivity index (χ0v) is 34.5. The number of unbranched alkanes of at least 4 members (excludes halogenated alkanes) is 3. The number of benzene rings is 2. The van der Waals surface area contributed by atoms with Gasteiger partial charge >= 0.3 is 0 Å². The second kappa shape index (κ2) is 30.7. The van der Waals surface area contributed by atoms with Crippen molar-refractivity contribution in [2.75, 3.05) is 19.6 Å². The van der Waals surface area contributed by atoms with Crippen molar-refractivity contribution in [3.05, 3.63) is 118 Å². The number of allylic oxidation sites excluding steroid dienone is 2. The normalized spacial score (nSPS) is 11.2. The molecule has 0 unspecified atom stereocenters. The molecule has 0 amide bonds. The van der Waals surface area contributed by atoms with Crippen LogP contribution in [-0.4, -0.2) is 41.5 Å². The Morgan fingerprint density at radius 1 is 0.865 bits per heavy atom. The minimum Gasteiger partial charge on any atom is -0.473 e. The first kappa shape index (κ1) is 48.1. The fourth-order valence-electron chi connectivity index (χ4n) is 4.69. The molecular formula is C46H70FN3O2. The van der Waals surface area contributed by atoms with Crippen LogP contribution in [0.2, 0.25) is 0 Å². The lowest BCUT2D eigenvalue weighted by Gasteiger charge is -2.21. The second-order valence-corrected chi connectivity index (χ2v) is 13.4. The molecule has 5 nitrogen and oxygen atoms in total. The van der Waals surface area contributed by atoms with Gasteiger partial charge in [0.05, 0.1) is 0 Å². The number of carbonyl (C=O) groups excluding carboxylic acids is 1. The third-order valence-corrected chi connectivity index (χ3v) is 8.20. The van der Waals surface area contributed by atoms with Crippen LogP contribution in [0.4, 0.5) is 4.39 Å². The van der Waals surface area contributed by atoms with Gasteiger partial charge in [0.1, 0.15) is 18.7 Å². The molecule has 3 aromatic rings.